The van der Waals surface area contributed by atoms with Crippen LogP contribution in [0.4, 0.5) is 0 Å². The fourth-order valence-electron chi connectivity index (χ4n) is 1.25. The molecule has 0 unspecified atom stereocenters. The van der Waals surface area contributed by atoms with E-state index in [2.05, 4.69) is 48.6 Å². The van der Waals surface area contributed by atoms with Crippen LogP contribution in [0.2, 0.25) is 0 Å². The minimum Gasteiger partial charge on any atom is -0.326 e. The van der Waals surface area contributed by atoms with E-state index in [0.717, 1.165) is 19.4 Å². The summed E-state index contributed by atoms with van der Waals surface area (Å²) in [5, 5.41) is 4.20. The first-order valence-electron chi connectivity index (χ1n) is 4.25. The van der Waals surface area contributed by atoms with Gasteiger partial charge in [-0.1, -0.05) is 0 Å². The van der Waals surface area contributed by atoms with Gasteiger partial charge >= 0.3 is 0 Å². The topological polar surface area (TPSA) is 56.7 Å². The van der Waals surface area contributed by atoms with E-state index in [-0.39, 0.29) is 0 Å². The lowest BCUT2D eigenvalue weighted by Crippen LogP contribution is -2.07. The molecule has 0 aliphatic rings. The summed E-state index contributed by atoms with van der Waals surface area (Å²) in [5.74, 6) is 0.781. The van der Waals surface area contributed by atoms with Gasteiger partial charge in [0.25, 0.3) is 0 Å². The molecule has 0 atom stereocenters. The fourth-order valence-corrected chi connectivity index (χ4v) is 2.01. The van der Waals surface area contributed by atoms with Crippen molar-refractivity contribution in [3.8, 4) is 5.82 Å². The molecule has 2 aromatic rings. The molecule has 2 rings (SSSR count). The third kappa shape index (κ3) is 2.37. The highest BCUT2D eigenvalue weighted by atomic mass is 127. The van der Waals surface area contributed by atoms with Gasteiger partial charge in [0, 0.05) is 29.0 Å². The van der Waals surface area contributed by atoms with E-state index in [1.807, 2.05) is 12.3 Å². The second-order valence-electron chi connectivity index (χ2n) is 2.94. The summed E-state index contributed by atoms with van der Waals surface area (Å²) in [7, 11) is 0. The lowest BCUT2D eigenvalue weighted by Gasteiger charge is -2.06. The molecule has 0 spiro atoms. The first-order valence-corrected chi connectivity index (χ1v) is 6.13. The Morgan fingerprint density at radius 1 is 1.47 bits per heavy atom. The monoisotopic (exact) mass is 378 g/mol. The van der Waals surface area contributed by atoms with Crippen LogP contribution in [0, 0.1) is 3.57 Å². The number of hydrogen-bond acceptors (Lipinski definition) is 3. The molecule has 0 aliphatic heterocycles. The Labute approximate surface area is 109 Å². The molecule has 6 heteroatoms. The van der Waals surface area contributed by atoms with Gasteiger partial charge in [-0.25, -0.2) is 9.67 Å². The maximum atomic E-state index is 5.66. The van der Waals surface area contributed by atoms with Gasteiger partial charge in [-0.2, -0.15) is 5.10 Å². The highest BCUT2D eigenvalue weighted by Crippen LogP contribution is 2.17. The van der Waals surface area contributed by atoms with Gasteiger partial charge < -0.3 is 5.73 Å². The van der Waals surface area contributed by atoms with Crippen LogP contribution in [0.25, 0.3) is 5.82 Å². The van der Waals surface area contributed by atoms with Crippen LogP contribution in [0.15, 0.2) is 29.1 Å². The van der Waals surface area contributed by atoms with Crippen molar-refractivity contribution in [3.05, 3.63) is 38.3 Å². The Morgan fingerprint density at radius 3 is 2.87 bits per heavy atom. The zero-order valence-corrected chi connectivity index (χ0v) is 11.4. The number of aromatic nitrogens is 3. The summed E-state index contributed by atoms with van der Waals surface area (Å²) in [6.07, 6.45) is 5.43. The van der Waals surface area contributed by atoms with Crippen molar-refractivity contribution in [1.82, 2.24) is 14.8 Å². The molecular weight excluding hydrogens is 371 g/mol. The number of hydrogen-bond donors (Lipinski definition) is 1. The van der Waals surface area contributed by atoms with Gasteiger partial charge in [0.2, 0.25) is 0 Å². The predicted molar refractivity (Wildman–Crippen MR) is 69.7 cm³/mol. The van der Waals surface area contributed by atoms with E-state index >= 15 is 0 Å². The molecule has 0 aliphatic carbocycles. The molecule has 2 aromatic heterocycles. The van der Waals surface area contributed by atoms with Crippen LogP contribution in [0.1, 0.15) is 5.56 Å². The van der Waals surface area contributed by atoms with Crippen molar-refractivity contribution in [1.29, 1.82) is 0 Å². The number of halogens is 2. The van der Waals surface area contributed by atoms with Crippen LogP contribution in [-0.2, 0) is 6.54 Å². The van der Waals surface area contributed by atoms with E-state index < -0.39 is 0 Å². The molecule has 78 valence electrons. The summed E-state index contributed by atoms with van der Waals surface area (Å²) in [4.78, 5) is 4.30. The predicted octanol–water partition coefficient (Wildman–Crippen LogP) is 2.09. The van der Waals surface area contributed by atoms with Crippen LogP contribution in [0.3, 0.4) is 0 Å². The summed E-state index contributed by atoms with van der Waals surface area (Å²) in [6, 6.07) is 1.96. The zero-order valence-electron chi connectivity index (χ0n) is 7.69. The van der Waals surface area contributed by atoms with Gasteiger partial charge in [0.15, 0.2) is 5.82 Å². The summed E-state index contributed by atoms with van der Waals surface area (Å²) < 4.78 is 3.73. The second kappa shape index (κ2) is 4.58. The van der Waals surface area contributed by atoms with Crippen LogP contribution >= 0.6 is 38.5 Å². The SMILES string of the molecule is NCc1cc(Br)cnc1-n1cc(I)cn1. The van der Waals surface area contributed by atoms with Crippen molar-refractivity contribution < 1.29 is 0 Å². The molecule has 4 nitrogen and oxygen atoms in total. The van der Waals surface area contributed by atoms with E-state index in [1.54, 1.807) is 17.1 Å². The Bertz CT molecular complexity index is 483. The van der Waals surface area contributed by atoms with E-state index in [0.29, 0.717) is 6.54 Å². The molecule has 2 heterocycles. The fraction of sp³-hybridized carbons (Fsp3) is 0.111. The molecule has 0 aromatic carbocycles. The van der Waals surface area contributed by atoms with Crippen LogP contribution in [-0.4, -0.2) is 14.8 Å². The average Bonchev–Trinajstić information content (AvgIpc) is 2.64. The van der Waals surface area contributed by atoms with E-state index in [4.69, 9.17) is 5.73 Å². The Hall–Kier alpha value is -0.470. The third-order valence-electron chi connectivity index (χ3n) is 1.90. The third-order valence-corrected chi connectivity index (χ3v) is 2.89. The van der Waals surface area contributed by atoms with Crippen molar-refractivity contribution in [2.75, 3.05) is 0 Å². The molecule has 2 N–H and O–H groups in total. The molecule has 0 saturated carbocycles. The maximum absolute atomic E-state index is 5.66. The van der Waals surface area contributed by atoms with E-state index in [9.17, 15) is 0 Å². The minimum atomic E-state index is 0.443. The van der Waals surface area contributed by atoms with Crippen LogP contribution in [0.5, 0.6) is 0 Å². The van der Waals surface area contributed by atoms with Gasteiger partial charge in [-0.15, -0.1) is 0 Å². The Kier molecular flexibility index (Phi) is 3.37. The molecule has 0 bridgehead atoms. The quantitative estimate of drug-likeness (QED) is 0.814. The smallest absolute Gasteiger partial charge is 0.157 e. The highest BCUT2D eigenvalue weighted by Gasteiger charge is 2.06. The largest absolute Gasteiger partial charge is 0.326 e. The highest BCUT2D eigenvalue weighted by molar-refractivity contribution is 14.1. The number of nitrogens with zero attached hydrogens (tertiary/aromatic N) is 3. The number of rotatable bonds is 2. The maximum Gasteiger partial charge on any atom is 0.157 e. The summed E-state index contributed by atoms with van der Waals surface area (Å²) >= 11 is 5.57. The first-order chi connectivity index (χ1) is 7.20. The van der Waals surface area contributed by atoms with Gasteiger partial charge in [0.05, 0.1) is 9.77 Å². The molecule has 0 radical (unpaired) electrons. The Morgan fingerprint density at radius 2 is 2.27 bits per heavy atom. The lowest BCUT2D eigenvalue weighted by molar-refractivity contribution is 0.822. The van der Waals surface area contributed by atoms with Crippen molar-refractivity contribution in [2.24, 2.45) is 5.73 Å². The van der Waals surface area contributed by atoms with E-state index in [1.165, 1.54) is 0 Å². The number of pyridine rings is 1. The molecule has 15 heavy (non-hydrogen) atoms. The standard InChI is InChI=1S/C9H8BrIN4/c10-7-1-6(2-12)9(13-3-7)15-5-8(11)4-14-15/h1,3-5H,2,12H2. The average molecular weight is 379 g/mol. The zero-order chi connectivity index (χ0) is 10.8. The molecule has 0 amide bonds. The summed E-state index contributed by atoms with van der Waals surface area (Å²) in [6.45, 7) is 0.443. The van der Waals surface area contributed by atoms with Crippen molar-refractivity contribution in [2.45, 2.75) is 6.54 Å². The summed E-state index contributed by atoms with van der Waals surface area (Å²) in [5.41, 5.74) is 6.62. The molecule has 0 saturated heterocycles. The normalized spacial score (nSPS) is 10.6. The van der Waals surface area contributed by atoms with Crippen LogP contribution < -0.4 is 5.73 Å². The Balaban J connectivity index is 2.52. The second-order valence-corrected chi connectivity index (χ2v) is 5.10. The number of nitrogens with two attached hydrogens (primary N) is 1. The lowest BCUT2D eigenvalue weighted by atomic mass is 10.2. The molecular formula is C9H8BrIN4. The van der Waals surface area contributed by atoms with Gasteiger partial charge in [-0.3, -0.25) is 0 Å². The first kappa shape index (κ1) is 11.0. The minimum absolute atomic E-state index is 0.443. The van der Waals surface area contributed by atoms with Crippen molar-refractivity contribution >= 4 is 38.5 Å². The molecule has 0 fully saturated rings. The van der Waals surface area contributed by atoms with Crippen molar-refractivity contribution in [3.63, 3.8) is 0 Å². The van der Waals surface area contributed by atoms with Gasteiger partial charge in [0.1, 0.15) is 0 Å². The van der Waals surface area contributed by atoms with Gasteiger partial charge in [-0.05, 0) is 44.6 Å².